The van der Waals surface area contributed by atoms with Crippen molar-refractivity contribution >= 4 is 33.1 Å². The van der Waals surface area contributed by atoms with E-state index in [1.165, 1.54) is 24.9 Å². The quantitative estimate of drug-likeness (QED) is 0.300. The van der Waals surface area contributed by atoms with Gasteiger partial charge in [0, 0.05) is 13.2 Å². The molecule has 0 radical (unpaired) electrons. The molecule has 5 atom stereocenters. The van der Waals surface area contributed by atoms with E-state index in [-0.39, 0.29) is 0 Å². The van der Waals surface area contributed by atoms with Crippen molar-refractivity contribution in [1.29, 1.82) is 0 Å². The van der Waals surface area contributed by atoms with Crippen LogP contribution in [-0.2, 0) is 8.85 Å². The van der Waals surface area contributed by atoms with E-state index in [1.54, 1.807) is 0 Å². The van der Waals surface area contributed by atoms with Crippen molar-refractivity contribution in [3.05, 3.63) is 0 Å². The third-order valence-corrected chi connectivity index (χ3v) is 19.1. The molecule has 5 unspecified atom stereocenters. The maximum absolute atomic E-state index is 6.32. The summed E-state index contributed by atoms with van der Waals surface area (Å²) in [5.74, 6) is 0.788. The summed E-state index contributed by atoms with van der Waals surface area (Å²) in [5, 5.41) is 0. The minimum absolute atomic E-state index is 0.554. The first-order valence-electron chi connectivity index (χ1n) is 12.3. The van der Waals surface area contributed by atoms with E-state index in [9.17, 15) is 0 Å². The van der Waals surface area contributed by atoms with E-state index in [0.717, 1.165) is 30.2 Å². The van der Waals surface area contributed by atoms with Crippen molar-refractivity contribution < 1.29 is 8.85 Å². The van der Waals surface area contributed by atoms with Crippen molar-refractivity contribution in [1.82, 2.24) is 9.96 Å². The molecule has 0 aliphatic heterocycles. The van der Waals surface area contributed by atoms with Gasteiger partial charge in [-0.1, -0.05) is 46.7 Å². The molecule has 0 heterocycles. The molecule has 4 nitrogen and oxygen atoms in total. The van der Waals surface area contributed by atoms with Crippen LogP contribution in [0.15, 0.2) is 0 Å². The standard InChI is InChI=1S/C22H54N2O2Si4/c1-19(2)24-30(12,18-16-26-28(8,9)10)22-14-13-21(20(22)3)29(11,23-4)17-15-25-27(5,6)7/h19-24H,13-18H2,1-12H3. The Balaban J connectivity index is 2.92. The van der Waals surface area contributed by atoms with Gasteiger partial charge in [0.15, 0.2) is 16.6 Å². The summed E-state index contributed by atoms with van der Waals surface area (Å²) in [6.45, 7) is 28.1. The van der Waals surface area contributed by atoms with Crippen LogP contribution in [0, 0.1) is 5.92 Å². The summed E-state index contributed by atoms with van der Waals surface area (Å²) in [6, 6.07) is 3.04. The SMILES string of the molecule is CN[Si](C)(CCO[Si](C)(C)C)C1CCC([Si](C)(CCO[Si](C)(C)C)NC(C)C)C1C. The molecule has 1 fully saturated rings. The van der Waals surface area contributed by atoms with Gasteiger partial charge < -0.3 is 18.8 Å². The molecule has 1 rings (SSSR count). The van der Waals surface area contributed by atoms with E-state index >= 15 is 0 Å². The highest BCUT2D eigenvalue weighted by atomic mass is 28.4. The minimum Gasteiger partial charge on any atom is -0.418 e. The minimum atomic E-state index is -1.62. The lowest BCUT2D eigenvalue weighted by Crippen LogP contribution is -2.57. The molecule has 2 N–H and O–H groups in total. The maximum atomic E-state index is 6.32. The van der Waals surface area contributed by atoms with Gasteiger partial charge in [0.1, 0.15) is 16.5 Å². The van der Waals surface area contributed by atoms with Crippen molar-refractivity contribution in [3.8, 4) is 0 Å². The molecule has 30 heavy (non-hydrogen) atoms. The molecule has 0 bridgehead atoms. The lowest BCUT2D eigenvalue weighted by atomic mass is 10.1. The molecule has 1 aliphatic carbocycles. The predicted octanol–water partition coefficient (Wildman–Crippen LogP) is 6.23. The lowest BCUT2D eigenvalue weighted by molar-refractivity contribution is 0.329. The van der Waals surface area contributed by atoms with Crippen molar-refractivity contribution in [3.63, 3.8) is 0 Å². The van der Waals surface area contributed by atoms with Crippen LogP contribution >= 0.6 is 0 Å². The molecule has 0 saturated heterocycles. The fourth-order valence-electron chi connectivity index (χ4n) is 5.62. The van der Waals surface area contributed by atoms with Gasteiger partial charge >= 0.3 is 0 Å². The number of hydrogen-bond donors (Lipinski definition) is 2. The molecule has 0 spiro atoms. The molecule has 1 aliphatic rings. The zero-order valence-electron chi connectivity index (χ0n) is 22.4. The van der Waals surface area contributed by atoms with Gasteiger partial charge in [-0.15, -0.1) is 0 Å². The Labute approximate surface area is 193 Å². The molecule has 0 aromatic heterocycles. The van der Waals surface area contributed by atoms with Crippen LogP contribution in [0.2, 0.25) is 75.5 Å². The van der Waals surface area contributed by atoms with E-state index in [1.807, 2.05) is 0 Å². The summed E-state index contributed by atoms with van der Waals surface area (Å²) in [7, 11) is -3.85. The number of nitrogens with one attached hydrogen (secondary N) is 2. The second-order valence-corrected chi connectivity index (χ2v) is 30.4. The average Bonchev–Trinajstić information content (AvgIpc) is 2.94. The fraction of sp³-hybridized carbons (Fsp3) is 1.00. The van der Waals surface area contributed by atoms with E-state index in [0.29, 0.717) is 6.04 Å². The normalized spacial score (nSPS) is 27.3. The Bertz CT molecular complexity index is 524. The first-order valence-corrected chi connectivity index (χ1v) is 24.7. The number of hydrogen-bond acceptors (Lipinski definition) is 4. The highest BCUT2D eigenvalue weighted by molar-refractivity contribution is 6.80. The van der Waals surface area contributed by atoms with Gasteiger partial charge in [0.05, 0.1) is 0 Å². The van der Waals surface area contributed by atoms with E-state index < -0.39 is 33.1 Å². The molecule has 1 saturated carbocycles. The van der Waals surface area contributed by atoms with Crippen molar-refractivity contribution in [2.75, 3.05) is 20.3 Å². The Kier molecular flexibility index (Phi) is 10.8. The van der Waals surface area contributed by atoms with E-state index in [4.69, 9.17) is 8.85 Å². The Morgan fingerprint density at radius 3 is 1.53 bits per heavy atom. The second-order valence-electron chi connectivity index (χ2n) is 12.5. The van der Waals surface area contributed by atoms with Crippen LogP contribution in [0.4, 0.5) is 0 Å². The number of rotatable bonds is 13. The molecule has 8 heteroatoms. The molecular weight excluding hydrogens is 437 g/mol. The third kappa shape index (κ3) is 8.92. The summed E-state index contributed by atoms with van der Waals surface area (Å²) in [6.07, 6.45) is 2.78. The van der Waals surface area contributed by atoms with Crippen LogP contribution in [-0.4, -0.2) is 59.4 Å². The summed E-state index contributed by atoms with van der Waals surface area (Å²) >= 11 is 0. The monoisotopic (exact) mass is 490 g/mol. The molecule has 0 aromatic rings. The van der Waals surface area contributed by atoms with Crippen molar-refractivity contribution in [2.45, 2.75) is 115 Å². The summed E-state index contributed by atoms with van der Waals surface area (Å²) < 4.78 is 12.6. The van der Waals surface area contributed by atoms with Crippen LogP contribution in [0.3, 0.4) is 0 Å². The van der Waals surface area contributed by atoms with Gasteiger partial charge in [0.25, 0.3) is 0 Å². The first kappa shape index (κ1) is 28.7. The zero-order valence-corrected chi connectivity index (χ0v) is 26.4. The second kappa shape index (κ2) is 11.2. The van der Waals surface area contributed by atoms with Gasteiger partial charge in [-0.2, -0.15) is 0 Å². The average molecular weight is 491 g/mol. The smallest absolute Gasteiger partial charge is 0.183 e. The van der Waals surface area contributed by atoms with E-state index in [2.05, 4.69) is 90.2 Å². The Morgan fingerprint density at radius 1 is 0.767 bits per heavy atom. The highest BCUT2D eigenvalue weighted by Crippen LogP contribution is 2.54. The predicted molar refractivity (Wildman–Crippen MR) is 145 cm³/mol. The Hall–Kier alpha value is 0.708. The largest absolute Gasteiger partial charge is 0.418 e. The molecule has 0 aromatic carbocycles. The van der Waals surface area contributed by atoms with Crippen LogP contribution < -0.4 is 9.96 Å². The molecule has 180 valence electrons. The van der Waals surface area contributed by atoms with Crippen LogP contribution in [0.25, 0.3) is 0 Å². The van der Waals surface area contributed by atoms with Crippen LogP contribution in [0.1, 0.15) is 33.6 Å². The van der Waals surface area contributed by atoms with Gasteiger partial charge in [-0.05, 0) is 81.5 Å². The zero-order chi connectivity index (χ0) is 23.4. The summed E-state index contributed by atoms with van der Waals surface area (Å²) in [5.41, 5.74) is 1.68. The molecule has 0 amide bonds. The highest BCUT2D eigenvalue weighted by Gasteiger charge is 2.51. The Morgan fingerprint density at radius 2 is 1.17 bits per heavy atom. The lowest BCUT2D eigenvalue weighted by Gasteiger charge is -2.42. The van der Waals surface area contributed by atoms with Gasteiger partial charge in [0.2, 0.25) is 0 Å². The fourth-order valence-corrected chi connectivity index (χ4v) is 16.1. The maximum Gasteiger partial charge on any atom is 0.183 e. The van der Waals surface area contributed by atoms with Crippen molar-refractivity contribution in [2.24, 2.45) is 5.92 Å². The molecular formula is C22H54N2O2Si4. The van der Waals surface area contributed by atoms with Gasteiger partial charge in [-0.25, -0.2) is 0 Å². The topological polar surface area (TPSA) is 42.5 Å². The van der Waals surface area contributed by atoms with Gasteiger partial charge in [-0.3, -0.25) is 0 Å². The van der Waals surface area contributed by atoms with Crippen LogP contribution in [0.5, 0.6) is 0 Å². The third-order valence-electron chi connectivity index (χ3n) is 7.20. The first-order chi connectivity index (χ1) is 13.5. The summed E-state index contributed by atoms with van der Waals surface area (Å²) in [4.78, 5) is 7.98.